The number of thioether (sulfide) groups is 1. The molecular formula is C26H22F3N3O5S2. The van der Waals surface area contributed by atoms with E-state index in [-0.39, 0.29) is 11.9 Å². The Morgan fingerprint density at radius 1 is 1.21 bits per heavy atom. The van der Waals surface area contributed by atoms with Crippen LogP contribution in [0.3, 0.4) is 0 Å². The maximum atomic E-state index is 12.7. The van der Waals surface area contributed by atoms with Crippen molar-refractivity contribution in [2.75, 3.05) is 11.9 Å². The van der Waals surface area contributed by atoms with Gasteiger partial charge in [0.05, 0.1) is 22.6 Å². The number of hydrogen-bond donors (Lipinski definition) is 2. The van der Waals surface area contributed by atoms with Crippen LogP contribution in [0, 0.1) is 0 Å². The molecule has 3 heterocycles. The van der Waals surface area contributed by atoms with Gasteiger partial charge < -0.3 is 15.2 Å². The highest BCUT2D eigenvalue weighted by Gasteiger charge is 2.38. The molecule has 2 N–H and O–H groups in total. The van der Waals surface area contributed by atoms with Gasteiger partial charge in [-0.2, -0.15) is 18.2 Å². The Morgan fingerprint density at radius 2 is 1.95 bits per heavy atom. The minimum Gasteiger partial charge on any atom is -0.475 e. The lowest BCUT2D eigenvalue weighted by Gasteiger charge is -2.12. The van der Waals surface area contributed by atoms with Gasteiger partial charge in [0, 0.05) is 16.5 Å². The Bertz CT molecular complexity index is 1500. The Hall–Kier alpha value is -3.71. The van der Waals surface area contributed by atoms with E-state index in [2.05, 4.69) is 15.3 Å². The van der Waals surface area contributed by atoms with Crippen LogP contribution in [0.5, 0.6) is 0 Å². The van der Waals surface area contributed by atoms with Gasteiger partial charge in [0.15, 0.2) is 5.17 Å². The summed E-state index contributed by atoms with van der Waals surface area (Å²) in [5.41, 5.74) is 3.50. The van der Waals surface area contributed by atoms with Crippen LogP contribution in [0.2, 0.25) is 0 Å². The fraction of sp³-hybridized carbons (Fsp3) is 0.269. The summed E-state index contributed by atoms with van der Waals surface area (Å²) in [6.07, 6.45) is 2.55. The van der Waals surface area contributed by atoms with Gasteiger partial charge in [0.1, 0.15) is 5.00 Å². The molecular weight excluding hydrogens is 555 g/mol. The summed E-state index contributed by atoms with van der Waals surface area (Å²) in [6.45, 7) is 2.13. The predicted octanol–water partition coefficient (Wildman–Crippen LogP) is 6.07. The fourth-order valence-electron chi connectivity index (χ4n) is 3.97. The van der Waals surface area contributed by atoms with Crippen LogP contribution in [-0.2, 0) is 27.2 Å². The Labute approximate surface area is 229 Å². The van der Waals surface area contributed by atoms with Crippen molar-refractivity contribution in [1.29, 1.82) is 0 Å². The van der Waals surface area contributed by atoms with E-state index >= 15 is 0 Å². The summed E-state index contributed by atoms with van der Waals surface area (Å²) in [6, 6.07) is 9.76. The number of aromatic nitrogens is 1. The minimum atomic E-state index is -5.08. The molecule has 1 amide bonds. The number of carbonyl (C=O) groups is 3. The molecule has 0 atom stereocenters. The second-order valence-corrected chi connectivity index (χ2v) is 10.5. The van der Waals surface area contributed by atoms with Gasteiger partial charge in [0.2, 0.25) is 0 Å². The Kier molecular flexibility index (Phi) is 8.70. The first kappa shape index (κ1) is 28.3. The zero-order valence-corrected chi connectivity index (χ0v) is 22.1. The first-order chi connectivity index (χ1) is 18.6. The molecule has 5 rings (SSSR count). The number of thiophene rings is 1. The molecule has 8 nitrogen and oxygen atoms in total. The third-order valence-electron chi connectivity index (χ3n) is 5.66. The molecule has 0 unspecified atom stereocenters. The number of esters is 1. The molecule has 0 saturated heterocycles. The second kappa shape index (κ2) is 12.0. The lowest BCUT2D eigenvalue weighted by Crippen LogP contribution is -2.21. The second-order valence-electron chi connectivity index (χ2n) is 8.35. The molecule has 3 aromatic rings. The van der Waals surface area contributed by atoms with E-state index in [1.165, 1.54) is 16.6 Å². The molecule has 1 aliphatic carbocycles. The van der Waals surface area contributed by atoms with Gasteiger partial charge in [-0.1, -0.05) is 12.1 Å². The number of pyridine rings is 1. The van der Waals surface area contributed by atoms with Crippen LogP contribution >= 0.6 is 23.1 Å². The number of amidine groups is 1. The van der Waals surface area contributed by atoms with E-state index in [0.717, 1.165) is 47.7 Å². The molecule has 0 saturated carbocycles. The van der Waals surface area contributed by atoms with Gasteiger partial charge in [-0.25, -0.2) is 9.59 Å². The van der Waals surface area contributed by atoms with Crippen LogP contribution in [0.1, 0.15) is 46.1 Å². The van der Waals surface area contributed by atoms with Crippen LogP contribution in [-0.4, -0.2) is 45.9 Å². The number of rotatable bonds is 4. The summed E-state index contributed by atoms with van der Waals surface area (Å²) in [5, 5.41) is 12.6. The summed E-state index contributed by atoms with van der Waals surface area (Å²) in [7, 11) is 0. The van der Waals surface area contributed by atoms with E-state index in [9.17, 15) is 22.8 Å². The molecule has 1 aliphatic heterocycles. The van der Waals surface area contributed by atoms with Crippen molar-refractivity contribution < 1.29 is 37.4 Å². The van der Waals surface area contributed by atoms with Crippen LogP contribution in [0.25, 0.3) is 17.0 Å². The van der Waals surface area contributed by atoms with Gasteiger partial charge in [0.25, 0.3) is 5.91 Å². The maximum absolute atomic E-state index is 12.7. The molecule has 0 radical (unpaired) electrons. The van der Waals surface area contributed by atoms with Crippen molar-refractivity contribution in [3.8, 4) is 0 Å². The third kappa shape index (κ3) is 6.84. The number of aliphatic carboxylic acids is 1. The van der Waals surface area contributed by atoms with Gasteiger partial charge >= 0.3 is 18.1 Å². The average Bonchev–Trinajstić information content (AvgIpc) is 3.43. The monoisotopic (exact) mass is 577 g/mol. The summed E-state index contributed by atoms with van der Waals surface area (Å²) < 4.78 is 37.0. The predicted molar refractivity (Wildman–Crippen MR) is 144 cm³/mol. The maximum Gasteiger partial charge on any atom is 0.490 e. The number of alkyl halides is 3. The number of carboxylic acid groups (broad SMARTS) is 1. The molecule has 2 aromatic heterocycles. The van der Waals surface area contributed by atoms with Crippen molar-refractivity contribution in [1.82, 2.24) is 4.98 Å². The number of hydrogen-bond acceptors (Lipinski definition) is 8. The first-order valence-electron chi connectivity index (χ1n) is 11.8. The number of nitrogens with zero attached hydrogens (tertiary/aromatic N) is 2. The number of ether oxygens (including phenoxy) is 1. The van der Waals surface area contributed by atoms with Gasteiger partial charge in [-0.15, -0.1) is 11.3 Å². The number of fused-ring (bicyclic) bond motifs is 2. The summed E-state index contributed by atoms with van der Waals surface area (Å²) in [5.74, 6) is -3.36. The molecule has 1 aromatic carbocycles. The van der Waals surface area contributed by atoms with E-state index in [0.29, 0.717) is 27.2 Å². The molecule has 39 heavy (non-hydrogen) atoms. The van der Waals surface area contributed by atoms with Crippen LogP contribution < -0.4 is 5.32 Å². The Morgan fingerprint density at radius 3 is 2.67 bits per heavy atom. The largest absolute Gasteiger partial charge is 0.490 e. The number of halogens is 3. The zero-order valence-electron chi connectivity index (χ0n) is 20.5. The van der Waals surface area contributed by atoms with Crippen molar-refractivity contribution >= 4 is 68.1 Å². The minimum absolute atomic E-state index is 0.289. The lowest BCUT2D eigenvalue weighted by atomic mass is 9.95. The van der Waals surface area contributed by atoms with Gasteiger partial charge in [-0.3, -0.25) is 9.78 Å². The fourth-order valence-corrected chi connectivity index (χ4v) is 6.13. The molecule has 13 heteroatoms. The number of aryl methyl sites for hydroxylation is 1. The van der Waals surface area contributed by atoms with E-state index in [4.69, 9.17) is 14.6 Å². The number of nitrogens with one attached hydrogen (secondary N) is 1. The van der Waals surface area contributed by atoms with E-state index in [1.54, 1.807) is 24.5 Å². The number of carbonyl (C=O) groups excluding carboxylic acids is 2. The van der Waals surface area contributed by atoms with Gasteiger partial charge in [-0.05, 0) is 79.8 Å². The number of benzene rings is 1. The lowest BCUT2D eigenvalue weighted by molar-refractivity contribution is -0.192. The quantitative estimate of drug-likeness (QED) is 0.284. The number of amides is 1. The smallest absolute Gasteiger partial charge is 0.475 e. The SMILES string of the molecule is CCOC(=O)c1c(NC2=NC(=O)/C(=C/c3ccc4ncccc4c3)S2)sc2c1CCCC2.O=C(O)C(F)(F)F. The molecule has 0 spiro atoms. The number of carboxylic acids is 1. The van der Waals surface area contributed by atoms with Crippen molar-refractivity contribution in [2.24, 2.45) is 4.99 Å². The average molecular weight is 578 g/mol. The van der Waals surface area contributed by atoms with E-state index < -0.39 is 12.1 Å². The number of anilines is 1. The summed E-state index contributed by atoms with van der Waals surface area (Å²) >= 11 is 2.85. The normalized spacial score (nSPS) is 15.8. The standard InChI is InChI=1S/C24H21N3O3S2.C2HF3O2/c1-2-30-23(29)20-16-7-3-4-8-18(16)31-22(20)27-24-26-21(28)19(32-24)13-14-9-10-17-15(12-14)6-5-11-25-17;3-2(4,5)1(6)7/h5-6,9-13H,2-4,7-8H2,1H3,(H,26,27,28);(H,6,7)/b19-13-;. The molecule has 0 bridgehead atoms. The Balaban J connectivity index is 0.000000448. The number of aliphatic imine (C=N–C) groups is 1. The highest BCUT2D eigenvalue weighted by atomic mass is 32.2. The van der Waals surface area contributed by atoms with Crippen molar-refractivity contribution in [3.05, 3.63) is 63.0 Å². The third-order valence-corrected chi connectivity index (χ3v) is 7.77. The topological polar surface area (TPSA) is 118 Å². The van der Waals surface area contributed by atoms with Crippen molar-refractivity contribution in [3.63, 3.8) is 0 Å². The van der Waals surface area contributed by atoms with Crippen LogP contribution in [0.4, 0.5) is 18.2 Å². The summed E-state index contributed by atoms with van der Waals surface area (Å²) in [4.78, 5) is 44.4. The highest BCUT2D eigenvalue weighted by molar-refractivity contribution is 8.18. The van der Waals surface area contributed by atoms with E-state index in [1.807, 2.05) is 36.4 Å². The first-order valence-corrected chi connectivity index (χ1v) is 13.5. The molecule has 204 valence electrons. The molecule has 2 aliphatic rings. The van der Waals surface area contributed by atoms with Crippen molar-refractivity contribution in [2.45, 2.75) is 38.8 Å². The molecule has 0 fully saturated rings. The van der Waals surface area contributed by atoms with Crippen LogP contribution in [0.15, 0.2) is 46.4 Å². The highest BCUT2D eigenvalue weighted by Crippen LogP contribution is 2.40. The zero-order chi connectivity index (χ0) is 28.2.